The van der Waals surface area contributed by atoms with Crippen LogP contribution in [0.2, 0.25) is 0 Å². The summed E-state index contributed by atoms with van der Waals surface area (Å²) in [5.74, 6) is 1.30. The number of guanidine groups is 1. The van der Waals surface area contributed by atoms with Gasteiger partial charge in [-0.3, -0.25) is 9.79 Å². The fourth-order valence-electron chi connectivity index (χ4n) is 2.22. The van der Waals surface area contributed by atoms with E-state index < -0.39 is 0 Å². The van der Waals surface area contributed by atoms with E-state index in [1.807, 2.05) is 51.1 Å². The van der Waals surface area contributed by atoms with E-state index in [0.29, 0.717) is 5.96 Å². The molecule has 0 aliphatic carbocycles. The van der Waals surface area contributed by atoms with Crippen molar-refractivity contribution in [3.63, 3.8) is 0 Å². The van der Waals surface area contributed by atoms with Crippen molar-refractivity contribution in [1.29, 1.82) is 0 Å². The SMILES string of the molecule is CN=C(NCC(=O)NC(C)C)NC(C)c1cc2ccccc2o1. The van der Waals surface area contributed by atoms with Gasteiger partial charge in [-0.2, -0.15) is 0 Å². The van der Waals surface area contributed by atoms with Crippen LogP contribution < -0.4 is 16.0 Å². The Bertz CT molecular complexity index is 658. The fourth-order valence-corrected chi connectivity index (χ4v) is 2.22. The lowest BCUT2D eigenvalue weighted by Crippen LogP contribution is -2.45. The number of fused-ring (bicyclic) bond motifs is 1. The van der Waals surface area contributed by atoms with Crippen LogP contribution in [0, 0.1) is 0 Å². The molecule has 1 atom stereocenters. The van der Waals surface area contributed by atoms with Gasteiger partial charge in [-0.25, -0.2) is 0 Å². The Hall–Kier alpha value is -2.50. The maximum Gasteiger partial charge on any atom is 0.239 e. The van der Waals surface area contributed by atoms with Crippen LogP contribution in [0.4, 0.5) is 0 Å². The molecule has 124 valence electrons. The van der Waals surface area contributed by atoms with Crippen LogP contribution in [0.1, 0.15) is 32.6 Å². The van der Waals surface area contributed by atoms with E-state index in [0.717, 1.165) is 16.7 Å². The molecule has 0 aliphatic heterocycles. The summed E-state index contributed by atoms with van der Waals surface area (Å²) in [5, 5.41) is 10.1. The topological polar surface area (TPSA) is 78.7 Å². The van der Waals surface area contributed by atoms with Gasteiger partial charge in [-0.05, 0) is 32.9 Å². The van der Waals surface area contributed by atoms with Crippen molar-refractivity contribution in [2.24, 2.45) is 4.99 Å². The largest absolute Gasteiger partial charge is 0.459 e. The van der Waals surface area contributed by atoms with Crippen LogP contribution in [-0.2, 0) is 4.79 Å². The van der Waals surface area contributed by atoms with Crippen molar-refractivity contribution in [2.45, 2.75) is 32.9 Å². The zero-order valence-electron chi connectivity index (χ0n) is 14.0. The third-order valence-corrected chi connectivity index (χ3v) is 3.31. The molecule has 0 radical (unpaired) electrons. The lowest BCUT2D eigenvalue weighted by atomic mass is 10.2. The van der Waals surface area contributed by atoms with E-state index >= 15 is 0 Å². The number of nitrogens with one attached hydrogen (secondary N) is 3. The number of benzene rings is 1. The molecule has 1 aromatic carbocycles. The highest BCUT2D eigenvalue weighted by Crippen LogP contribution is 2.23. The normalized spacial score (nSPS) is 13.2. The molecule has 0 spiro atoms. The third-order valence-electron chi connectivity index (χ3n) is 3.31. The second-order valence-corrected chi connectivity index (χ2v) is 5.70. The number of rotatable bonds is 5. The number of aliphatic imine (C=N–C) groups is 1. The van der Waals surface area contributed by atoms with Crippen LogP contribution >= 0.6 is 0 Å². The van der Waals surface area contributed by atoms with E-state index in [1.54, 1.807) is 7.05 Å². The second-order valence-electron chi connectivity index (χ2n) is 5.70. The maximum absolute atomic E-state index is 11.7. The molecule has 1 aromatic heterocycles. The minimum absolute atomic E-state index is 0.0678. The van der Waals surface area contributed by atoms with Gasteiger partial charge in [0, 0.05) is 18.5 Å². The smallest absolute Gasteiger partial charge is 0.239 e. The van der Waals surface area contributed by atoms with Crippen molar-refractivity contribution < 1.29 is 9.21 Å². The van der Waals surface area contributed by atoms with Gasteiger partial charge in [0.2, 0.25) is 5.91 Å². The van der Waals surface area contributed by atoms with Crippen molar-refractivity contribution in [3.8, 4) is 0 Å². The Labute approximate surface area is 136 Å². The summed E-state index contributed by atoms with van der Waals surface area (Å²) < 4.78 is 5.83. The molecule has 0 saturated carbocycles. The summed E-state index contributed by atoms with van der Waals surface area (Å²) >= 11 is 0. The molecule has 3 N–H and O–H groups in total. The maximum atomic E-state index is 11.7. The van der Waals surface area contributed by atoms with Crippen molar-refractivity contribution in [3.05, 3.63) is 36.1 Å². The summed E-state index contributed by atoms with van der Waals surface area (Å²) in [6.07, 6.45) is 0. The number of nitrogens with zero attached hydrogens (tertiary/aromatic N) is 1. The predicted molar refractivity (Wildman–Crippen MR) is 92.4 cm³/mol. The number of carbonyl (C=O) groups excluding carboxylic acids is 1. The molecule has 6 nitrogen and oxygen atoms in total. The van der Waals surface area contributed by atoms with Gasteiger partial charge in [-0.15, -0.1) is 0 Å². The monoisotopic (exact) mass is 316 g/mol. The molecule has 2 rings (SSSR count). The van der Waals surface area contributed by atoms with Gasteiger partial charge in [-0.1, -0.05) is 18.2 Å². The van der Waals surface area contributed by atoms with E-state index in [2.05, 4.69) is 20.9 Å². The predicted octanol–water partition coefficient (Wildman–Crippen LogP) is 2.18. The van der Waals surface area contributed by atoms with E-state index in [4.69, 9.17) is 4.42 Å². The molecule has 23 heavy (non-hydrogen) atoms. The molecule has 6 heteroatoms. The highest BCUT2D eigenvalue weighted by atomic mass is 16.3. The molecule has 0 saturated heterocycles. The number of amides is 1. The first-order valence-electron chi connectivity index (χ1n) is 7.74. The summed E-state index contributed by atoms with van der Waals surface area (Å²) in [5.41, 5.74) is 0.857. The highest BCUT2D eigenvalue weighted by molar-refractivity contribution is 5.86. The molecular formula is C17H24N4O2. The number of hydrogen-bond donors (Lipinski definition) is 3. The summed E-state index contributed by atoms with van der Waals surface area (Å²) in [4.78, 5) is 15.8. The lowest BCUT2D eigenvalue weighted by molar-refractivity contribution is -0.120. The molecule has 2 aromatic rings. The summed E-state index contributed by atoms with van der Waals surface area (Å²) in [7, 11) is 1.67. The van der Waals surface area contributed by atoms with Gasteiger partial charge in [0.1, 0.15) is 11.3 Å². The van der Waals surface area contributed by atoms with Gasteiger partial charge in [0.05, 0.1) is 12.6 Å². The number of furan rings is 1. The minimum atomic E-state index is -0.0701. The number of para-hydroxylation sites is 1. The molecule has 1 unspecified atom stereocenters. The first kappa shape index (κ1) is 16.9. The van der Waals surface area contributed by atoms with E-state index in [-0.39, 0.29) is 24.5 Å². The Morgan fingerprint density at radius 3 is 2.61 bits per heavy atom. The lowest BCUT2D eigenvalue weighted by Gasteiger charge is -2.16. The van der Waals surface area contributed by atoms with Crippen molar-refractivity contribution in [2.75, 3.05) is 13.6 Å². The molecule has 1 amide bonds. The zero-order chi connectivity index (χ0) is 16.8. The Morgan fingerprint density at radius 1 is 1.22 bits per heavy atom. The van der Waals surface area contributed by atoms with Crippen LogP contribution in [0.25, 0.3) is 11.0 Å². The van der Waals surface area contributed by atoms with Crippen LogP contribution in [-0.4, -0.2) is 31.5 Å². The zero-order valence-corrected chi connectivity index (χ0v) is 14.0. The Morgan fingerprint density at radius 2 is 1.96 bits per heavy atom. The second kappa shape index (κ2) is 7.67. The van der Waals surface area contributed by atoms with E-state index in [9.17, 15) is 4.79 Å². The van der Waals surface area contributed by atoms with Gasteiger partial charge in [0.15, 0.2) is 5.96 Å². The molecule has 1 heterocycles. The van der Waals surface area contributed by atoms with Crippen molar-refractivity contribution >= 4 is 22.8 Å². The number of hydrogen-bond acceptors (Lipinski definition) is 3. The third kappa shape index (κ3) is 4.74. The Balaban J connectivity index is 1.94. The van der Waals surface area contributed by atoms with Crippen LogP contribution in [0.3, 0.4) is 0 Å². The number of carbonyl (C=O) groups is 1. The van der Waals surface area contributed by atoms with Gasteiger partial charge in [0.25, 0.3) is 0 Å². The first-order chi connectivity index (χ1) is 11.0. The summed E-state index contributed by atoms with van der Waals surface area (Å²) in [6, 6.07) is 9.93. The summed E-state index contributed by atoms with van der Waals surface area (Å²) in [6.45, 7) is 6.01. The fraction of sp³-hybridized carbons (Fsp3) is 0.412. The molecular weight excluding hydrogens is 292 g/mol. The van der Waals surface area contributed by atoms with E-state index in [1.165, 1.54) is 0 Å². The first-order valence-corrected chi connectivity index (χ1v) is 7.74. The van der Waals surface area contributed by atoms with Crippen molar-refractivity contribution in [1.82, 2.24) is 16.0 Å². The van der Waals surface area contributed by atoms with Crippen LogP contribution in [0.15, 0.2) is 39.7 Å². The van der Waals surface area contributed by atoms with Crippen LogP contribution in [0.5, 0.6) is 0 Å². The highest BCUT2D eigenvalue weighted by Gasteiger charge is 2.13. The average molecular weight is 316 g/mol. The van der Waals surface area contributed by atoms with Gasteiger partial charge < -0.3 is 20.4 Å². The quantitative estimate of drug-likeness (QED) is 0.583. The van der Waals surface area contributed by atoms with Gasteiger partial charge >= 0.3 is 0 Å². The standard InChI is InChI=1S/C17H24N4O2/c1-11(2)20-16(22)10-19-17(18-4)21-12(3)15-9-13-7-5-6-8-14(13)23-15/h5-9,11-12H,10H2,1-4H3,(H,20,22)(H2,18,19,21). The molecule has 0 fully saturated rings. The molecule has 0 aliphatic rings. The Kier molecular flexibility index (Phi) is 5.62. The minimum Gasteiger partial charge on any atom is -0.459 e. The average Bonchev–Trinajstić information content (AvgIpc) is 2.94. The molecule has 0 bridgehead atoms.